The maximum Gasteiger partial charge on any atom is 0.340 e. The Bertz CT molecular complexity index is 459. The normalized spacial score (nSPS) is 18.9. The highest BCUT2D eigenvalue weighted by atomic mass is 19.2. The van der Waals surface area contributed by atoms with Crippen LogP contribution in [0.5, 0.6) is 0 Å². The minimum absolute atomic E-state index is 0.0945. The Morgan fingerprint density at radius 2 is 2.17 bits per heavy atom. The number of rotatable bonds is 3. The summed E-state index contributed by atoms with van der Waals surface area (Å²) in [6.07, 6.45) is 1.62. The van der Waals surface area contributed by atoms with Crippen molar-refractivity contribution in [1.82, 2.24) is 0 Å². The van der Waals surface area contributed by atoms with Gasteiger partial charge in [0.25, 0.3) is 0 Å². The van der Waals surface area contributed by atoms with Gasteiger partial charge in [-0.2, -0.15) is 0 Å². The Kier molecular flexibility index (Phi) is 3.76. The van der Waals surface area contributed by atoms with E-state index in [4.69, 9.17) is 15.2 Å². The number of anilines is 1. The number of benzene rings is 1. The average molecular weight is 257 g/mol. The van der Waals surface area contributed by atoms with Gasteiger partial charge in [0.1, 0.15) is 6.61 Å². The second kappa shape index (κ2) is 5.30. The van der Waals surface area contributed by atoms with Gasteiger partial charge in [-0.1, -0.05) is 0 Å². The Balaban J connectivity index is 2.01. The summed E-state index contributed by atoms with van der Waals surface area (Å²) in [6, 6.07) is 1.50. The van der Waals surface area contributed by atoms with Crippen LogP contribution in [0.15, 0.2) is 12.1 Å². The van der Waals surface area contributed by atoms with Gasteiger partial charge in [-0.3, -0.25) is 0 Å². The summed E-state index contributed by atoms with van der Waals surface area (Å²) in [5, 5.41) is 0. The largest absolute Gasteiger partial charge is 0.459 e. The van der Waals surface area contributed by atoms with Crippen LogP contribution in [0.2, 0.25) is 0 Å². The highest BCUT2D eigenvalue weighted by Crippen LogP contribution is 2.19. The highest BCUT2D eigenvalue weighted by Gasteiger charge is 2.20. The molecule has 0 spiro atoms. The minimum Gasteiger partial charge on any atom is -0.459 e. The fourth-order valence-corrected chi connectivity index (χ4v) is 1.76. The number of nitrogen functional groups attached to an aromatic ring is 1. The molecule has 0 radical (unpaired) electrons. The Morgan fingerprint density at radius 3 is 2.83 bits per heavy atom. The molecule has 0 bridgehead atoms. The standard InChI is InChI=1S/C12H13F2NO3/c13-9-4-8(11(15)5-10(9)14)12(16)18-6-7-2-1-3-17-7/h4-5,7H,1-3,6,15H2. The molecule has 1 aromatic carbocycles. The SMILES string of the molecule is Nc1cc(F)c(F)cc1C(=O)OCC1CCCO1. The molecule has 1 unspecified atom stereocenters. The van der Waals surface area contributed by atoms with E-state index in [1.807, 2.05) is 0 Å². The van der Waals surface area contributed by atoms with Crippen molar-refractivity contribution >= 4 is 11.7 Å². The minimum atomic E-state index is -1.13. The lowest BCUT2D eigenvalue weighted by molar-refractivity contribution is 0.0162. The van der Waals surface area contributed by atoms with Gasteiger partial charge in [-0.25, -0.2) is 13.6 Å². The topological polar surface area (TPSA) is 61.6 Å². The molecular formula is C12H13F2NO3. The van der Waals surface area contributed by atoms with E-state index in [1.54, 1.807) is 0 Å². The molecule has 98 valence electrons. The Morgan fingerprint density at radius 1 is 1.44 bits per heavy atom. The fraction of sp³-hybridized carbons (Fsp3) is 0.417. The molecule has 1 saturated heterocycles. The number of hydrogen-bond acceptors (Lipinski definition) is 4. The van der Waals surface area contributed by atoms with Gasteiger partial charge in [0.2, 0.25) is 0 Å². The van der Waals surface area contributed by atoms with Crippen LogP contribution in [-0.2, 0) is 9.47 Å². The number of carbonyl (C=O) groups is 1. The van der Waals surface area contributed by atoms with Gasteiger partial charge in [0, 0.05) is 18.4 Å². The summed E-state index contributed by atoms with van der Waals surface area (Å²) >= 11 is 0. The first-order valence-electron chi connectivity index (χ1n) is 5.61. The number of carbonyl (C=O) groups excluding carboxylic acids is 1. The molecule has 2 rings (SSSR count). The summed E-state index contributed by atoms with van der Waals surface area (Å²) in [6.45, 7) is 0.743. The molecule has 1 aliphatic heterocycles. The second-order valence-electron chi connectivity index (χ2n) is 4.09. The molecule has 0 saturated carbocycles. The van der Waals surface area contributed by atoms with E-state index in [-0.39, 0.29) is 24.0 Å². The van der Waals surface area contributed by atoms with Crippen molar-refractivity contribution in [1.29, 1.82) is 0 Å². The van der Waals surface area contributed by atoms with E-state index in [2.05, 4.69) is 0 Å². The van der Waals surface area contributed by atoms with Crippen LogP contribution in [0, 0.1) is 11.6 Å². The van der Waals surface area contributed by atoms with Crippen molar-refractivity contribution in [2.75, 3.05) is 18.9 Å². The van der Waals surface area contributed by atoms with E-state index >= 15 is 0 Å². The van der Waals surface area contributed by atoms with Crippen molar-refractivity contribution in [2.45, 2.75) is 18.9 Å². The third-order valence-corrected chi connectivity index (χ3v) is 2.74. The molecule has 2 N–H and O–H groups in total. The predicted molar refractivity (Wildman–Crippen MR) is 60.0 cm³/mol. The van der Waals surface area contributed by atoms with Gasteiger partial charge >= 0.3 is 5.97 Å². The number of nitrogens with two attached hydrogens (primary N) is 1. The number of hydrogen-bond donors (Lipinski definition) is 1. The van der Waals surface area contributed by atoms with Crippen LogP contribution in [0.3, 0.4) is 0 Å². The quantitative estimate of drug-likeness (QED) is 0.663. The summed E-state index contributed by atoms with van der Waals surface area (Å²) in [5.74, 6) is -3.00. The molecule has 0 amide bonds. The molecule has 1 fully saturated rings. The smallest absolute Gasteiger partial charge is 0.340 e. The Hall–Kier alpha value is -1.69. The zero-order valence-electron chi connectivity index (χ0n) is 9.62. The summed E-state index contributed by atoms with van der Waals surface area (Å²) in [4.78, 5) is 11.6. The first-order chi connectivity index (χ1) is 8.58. The Labute approximate surface area is 103 Å². The van der Waals surface area contributed by atoms with E-state index in [0.717, 1.165) is 25.0 Å². The monoisotopic (exact) mass is 257 g/mol. The van der Waals surface area contributed by atoms with Crippen molar-refractivity contribution in [3.8, 4) is 0 Å². The van der Waals surface area contributed by atoms with Gasteiger partial charge < -0.3 is 15.2 Å². The van der Waals surface area contributed by atoms with E-state index < -0.39 is 17.6 Å². The van der Waals surface area contributed by atoms with Crippen molar-refractivity contribution in [3.05, 3.63) is 29.3 Å². The van der Waals surface area contributed by atoms with Crippen molar-refractivity contribution in [3.63, 3.8) is 0 Å². The number of ether oxygens (including phenoxy) is 2. The summed E-state index contributed by atoms with van der Waals surface area (Å²) in [7, 11) is 0. The number of esters is 1. The van der Waals surface area contributed by atoms with Crippen LogP contribution >= 0.6 is 0 Å². The van der Waals surface area contributed by atoms with Crippen LogP contribution < -0.4 is 5.73 Å². The zero-order valence-corrected chi connectivity index (χ0v) is 9.62. The van der Waals surface area contributed by atoms with Crippen LogP contribution in [-0.4, -0.2) is 25.3 Å². The molecule has 4 nitrogen and oxygen atoms in total. The van der Waals surface area contributed by atoms with Crippen LogP contribution in [0.4, 0.5) is 14.5 Å². The molecule has 1 aliphatic rings. The zero-order chi connectivity index (χ0) is 13.1. The van der Waals surface area contributed by atoms with Crippen molar-refractivity contribution < 1.29 is 23.0 Å². The molecule has 0 aliphatic carbocycles. The summed E-state index contributed by atoms with van der Waals surface area (Å²) in [5.41, 5.74) is 5.12. The molecule has 6 heteroatoms. The number of halogens is 2. The first-order valence-corrected chi connectivity index (χ1v) is 5.61. The first kappa shape index (κ1) is 12.8. The fourth-order valence-electron chi connectivity index (χ4n) is 1.76. The maximum atomic E-state index is 13.0. The highest BCUT2D eigenvalue weighted by molar-refractivity contribution is 5.95. The van der Waals surface area contributed by atoms with Crippen LogP contribution in [0.25, 0.3) is 0 Å². The van der Waals surface area contributed by atoms with Crippen LogP contribution in [0.1, 0.15) is 23.2 Å². The van der Waals surface area contributed by atoms with Crippen molar-refractivity contribution in [2.24, 2.45) is 0 Å². The van der Waals surface area contributed by atoms with Gasteiger partial charge in [0.15, 0.2) is 11.6 Å². The lowest BCUT2D eigenvalue weighted by Gasteiger charge is -2.11. The van der Waals surface area contributed by atoms with E-state index in [1.165, 1.54) is 0 Å². The predicted octanol–water partition coefficient (Wildman–Crippen LogP) is 1.88. The molecule has 1 aromatic rings. The van der Waals surface area contributed by atoms with Gasteiger partial charge in [-0.05, 0) is 18.9 Å². The molecule has 0 aromatic heterocycles. The third kappa shape index (κ3) is 2.76. The summed E-state index contributed by atoms with van der Waals surface area (Å²) < 4.78 is 36.0. The third-order valence-electron chi connectivity index (χ3n) is 2.74. The maximum absolute atomic E-state index is 13.0. The molecular weight excluding hydrogens is 244 g/mol. The second-order valence-corrected chi connectivity index (χ2v) is 4.09. The lowest BCUT2D eigenvalue weighted by Crippen LogP contribution is -2.18. The van der Waals surface area contributed by atoms with E-state index in [9.17, 15) is 13.6 Å². The van der Waals surface area contributed by atoms with Gasteiger partial charge in [0.05, 0.1) is 11.7 Å². The van der Waals surface area contributed by atoms with E-state index in [0.29, 0.717) is 6.61 Å². The molecule has 18 heavy (non-hydrogen) atoms. The average Bonchev–Trinajstić information content (AvgIpc) is 2.84. The molecule has 1 heterocycles. The lowest BCUT2D eigenvalue weighted by atomic mass is 10.1. The van der Waals surface area contributed by atoms with Gasteiger partial charge in [-0.15, -0.1) is 0 Å². The molecule has 1 atom stereocenters.